The summed E-state index contributed by atoms with van der Waals surface area (Å²) in [4.78, 5) is 20.8. The Balaban J connectivity index is 1.71. The van der Waals surface area contributed by atoms with Gasteiger partial charge in [-0.3, -0.25) is 4.79 Å². The minimum absolute atomic E-state index is 0.226. The lowest BCUT2D eigenvalue weighted by Crippen LogP contribution is -2.14. The van der Waals surface area contributed by atoms with E-state index < -0.39 is 0 Å². The van der Waals surface area contributed by atoms with Gasteiger partial charge < -0.3 is 15.4 Å². The van der Waals surface area contributed by atoms with E-state index in [-0.39, 0.29) is 11.6 Å². The molecule has 6 nitrogen and oxygen atoms in total. The molecule has 0 aliphatic heterocycles. The van der Waals surface area contributed by atoms with Crippen molar-refractivity contribution < 1.29 is 9.53 Å². The maximum atomic E-state index is 12.4. The number of ether oxygens (including phenoxy) is 1. The molecule has 0 saturated carbocycles. The lowest BCUT2D eigenvalue weighted by atomic mass is 10.1. The lowest BCUT2D eigenvalue weighted by molar-refractivity contribution is 0.102. The summed E-state index contributed by atoms with van der Waals surface area (Å²) in [5.74, 6) is 0.766. The normalized spacial score (nSPS) is 10.4. The molecule has 1 aromatic heterocycles. The highest BCUT2D eigenvalue weighted by molar-refractivity contribution is 6.31. The van der Waals surface area contributed by atoms with Crippen molar-refractivity contribution in [1.82, 2.24) is 9.97 Å². The van der Waals surface area contributed by atoms with Crippen LogP contribution in [0.4, 0.5) is 17.2 Å². The van der Waals surface area contributed by atoms with E-state index in [1.165, 1.54) is 18.0 Å². The molecule has 0 radical (unpaired) electrons. The van der Waals surface area contributed by atoms with Gasteiger partial charge in [0.25, 0.3) is 5.91 Å². The first kappa shape index (κ1) is 19.6. The average Bonchev–Trinajstić information content (AvgIpc) is 2.71. The van der Waals surface area contributed by atoms with Crippen LogP contribution in [0, 0.1) is 6.92 Å². The SMILES string of the molecule is CCc1ccc(NC(=O)c2cnc(Nc3cc(C)c(Cl)cc3OC)cn2)cc1. The number of carbonyl (C=O) groups is 1. The van der Waals surface area contributed by atoms with E-state index in [9.17, 15) is 4.79 Å². The number of halogens is 1. The summed E-state index contributed by atoms with van der Waals surface area (Å²) < 4.78 is 5.34. The van der Waals surface area contributed by atoms with Crippen LogP contribution in [0.5, 0.6) is 5.75 Å². The minimum atomic E-state index is -0.316. The molecule has 0 saturated heterocycles. The number of aryl methyl sites for hydroxylation is 2. The summed E-state index contributed by atoms with van der Waals surface area (Å²) >= 11 is 6.13. The van der Waals surface area contributed by atoms with Gasteiger partial charge in [-0.1, -0.05) is 30.7 Å². The van der Waals surface area contributed by atoms with Crippen molar-refractivity contribution >= 4 is 34.7 Å². The van der Waals surface area contributed by atoms with Gasteiger partial charge in [0.2, 0.25) is 0 Å². The highest BCUT2D eigenvalue weighted by atomic mass is 35.5. The van der Waals surface area contributed by atoms with Crippen LogP contribution in [0.25, 0.3) is 0 Å². The second-order valence-electron chi connectivity index (χ2n) is 6.22. The molecule has 0 aliphatic carbocycles. The topological polar surface area (TPSA) is 76.1 Å². The molecule has 0 atom stereocenters. The van der Waals surface area contributed by atoms with Crippen molar-refractivity contribution in [2.45, 2.75) is 20.3 Å². The highest BCUT2D eigenvalue weighted by Crippen LogP contribution is 2.32. The zero-order valence-corrected chi connectivity index (χ0v) is 16.7. The fourth-order valence-electron chi connectivity index (χ4n) is 2.60. The Kier molecular flexibility index (Phi) is 6.11. The summed E-state index contributed by atoms with van der Waals surface area (Å²) in [6.07, 6.45) is 3.87. The van der Waals surface area contributed by atoms with Crippen molar-refractivity contribution in [3.05, 3.63) is 70.6 Å². The molecular formula is C21H21ClN4O2. The zero-order valence-electron chi connectivity index (χ0n) is 15.9. The standard InChI is InChI=1S/C21H21ClN4O2/c1-4-14-5-7-15(8-6-14)25-21(27)18-11-24-20(12-23-18)26-17-9-13(2)16(22)10-19(17)28-3/h5-12H,4H2,1-3H3,(H,24,26)(H,25,27). The van der Waals surface area contributed by atoms with Crippen LogP contribution in [0.1, 0.15) is 28.5 Å². The number of aromatic nitrogens is 2. The third kappa shape index (κ3) is 4.58. The van der Waals surface area contributed by atoms with E-state index in [1.54, 1.807) is 13.2 Å². The lowest BCUT2D eigenvalue weighted by Gasteiger charge is -2.12. The largest absolute Gasteiger partial charge is 0.495 e. The number of hydrogen-bond acceptors (Lipinski definition) is 5. The predicted molar refractivity (Wildman–Crippen MR) is 112 cm³/mol. The van der Waals surface area contributed by atoms with Gasteiger partial charge in [-0.2, -0.15) is 0 Å². The number of methoxy groups -OCH3 is 1. The van der Waals surface area contributed by atoms with Gasteiger partial charge in [-0.15, -0.1) is 0 Å². The van der Waals surface area contributed by atoms with Crippen molar-refractivity contribution in [1.29, 1.82) is 0 Å². The number of nitrogens with one attached hydrogen (secondary N) is 2. The van der Waals surface area contributed by atoms with Crippen LogP contribution in [0.3, 0.4) is 0 Å². The second kappa shape index (κ2) is 8.71. The van der Waals surface area contributed by atoms with Crippen LogP contribution in [-0.4, -0.2) is 23.0 Å². The number of benzene rings is 2. The molecule has 2 aromatic carbocycles. The Morgan fingerprint density at radius 3 is 2.50 bits per heavy atom. The Morgan fingerprint density at radius 2 is 1.89 bits per heavy atom. The number of hydrogen-bond donors (Lipinski definition) is 2. The van der Waals surface area contributed by atoms with E-state index in [2.05, 4.69) is 27.5 Å². The number of carbonyl (C=O) groups excluding carboxylic acids is 1. The number of anilines is 3. The quantitative estimate of drug-likeness (QED) is 0.612. The van der Waals surface area contributed by atoms with Crippen LogP contribution in [0.2, 0.25) is 5.02 Å². The Hall–Kier alpha value is -3.12. The molecule has 0 aliphatic rings. The van der Waals surface area contributed by atoms with E-state index >= 15 is 0 Å². The van der Waals surface area contributed by atoms with Crippen LogP contribution >= 0.6 is 11.6 Å². The summed E-state index contributed by atoms with van der Waals surface area (Å²) in [5, 5.41) is 6.56. The fraction of sp³-hybridized carbons (Fsp3) is 0.190. The Labute approximate surface area is 168 Å². The second-order valence-corrected chi connectivity index (χ2v) is 6.63. The first-order valence-electron chi connectivity index (χ1n) is 8.83. The van der Waals surface area contributed by atoms with E-state index in [1.807, 2.05) is 37.3 Å². The average molecular weight is 397 g/mol. The smallest absolute Gasteiger partial charge is 0.275 e. The molecule has 0 fully saturated rings. The molecule has 28 heavy (non-hydrogen) atoms. The molecule has 1 amide bonds. The minimum Gasteiger partial charge on any atom is -0.495 e. The molecule has 7 heteroatoms. The van der Waals surface area contributed by atoms with Crippen LogP contribution < -0.4 is 15.4 Å². The Morgan fingerprint density at radius 1 is 1.14 bits per heavy atom. The maximum Gasteiger partial charge on any atom is 0.275 e. The van der Waals surface area contributed by atoms with E-state index in [0.717, 1.165) is 12.0 Å². The number of rotatable bonds is 6. The van der Waals surface area contributed by atoms with Gasteiger partial charge >= 0.3 is 0 Å². The third-order valence-corrected chi connectivity index (χ3v) is 4.66. The zero-order chi connectivity index (χ0) is 20.1. The molecular weight excluding hydrogens is 376 g/mol. The first-order chi connectivity index (χ1) is 13.5. The van der Waals surface area contributed by atoms with Crippen LogP contribution in [-0.2, 0) is 6.42 Å². The van der Waals surface area contributed by atoms with Gasteiger partial charge in [0.1, 0.15) is 17.3 Å². The van der Waals surface area contributed by atoms with Crippen molar-refractivity contribution in [3.63, 3.8) is 0 Å². The molecule has 144 valence electrons. The number of amides is 1. The highest BCUT2D eigenvalue weighted by Gasteiger charge is 2.11. The van der Waals surface area contributed by atoms with Gasteiger partial charge in [0, 0.05) is 16.8 Å². The van der Waals surface area contributed by atoms with Crippen molar-refractivity contribution in [3.8, 4) is 5.75 Å². The molecule has 0 unspecified atom stereocenters. The van der Waals surface area contributed by atoms with Gasteiger partial charge in [-0.25, -0.2) is 9.97 Å². The van der Waals surface area contributed by atoms with Crippen molar-refractivity contribution in [2.24, 2.45) is 0 Å². The molecule has 3 aromatic rings. The van der Waals surface area contributed by atoms with E-state index in [0.29, 0.717) is 28.0 Å². The molecule has 0 spiro atoms. The summed E-state index contributed by atoms with van der Waals surface area (Å²) in [6.45, 7) is 3.98. The molecule has 1 heterocycles. The summed E-state index contributed by atoms with van der Waals surface area (Å²) in [7, 11) is 1.57. The van der Waals surface area contributed by atoms with Gasteiger partial charge in [-0.05, 0) is 42.7 Å². The molecule has 3 rings (SSSR count). The maximum absolute atomic E-state index is 12.4. The number of nitrogens with zero attached hydrogens (tertiary/aromatic N) is 2. The van der Waals surface area contributed by atoms with Gasteiger partial charge in [0.05, 0.1) is 25.2 Å². The molecule has 0 bridgehead atoms. The predicted octanol–water partition coefficient (Wildman–Crippen LogP) is 5.01. The van der Waals surface area contributed by atoms with E-state index in [4.69, 9.17) is 16.3 Å². The van der Waals surface area contributed by atoms with Gasteiger partial charge in [0.15, 0.2) is 0 Å². The third-order valence-electron chi connectivity index (χ3n) is 4.25. The van der Waals surface area contributed by atoms with Crippen LogP contribution in [0.15, 0.2) is 48.8 Å². The molecule has 2 N–H and O–H groups in total. The summed E-state index contributed by atoms with van der Waals surface area (Å²) in [6, 6.07) is 11.3. The van der Waals surface area contributed by atoms with Crippen molar-refractivity contribution in [2.75, 3.05) is 17.7 Å². The first-order valence-corrected chi connectivity index (χ1v) is 9.21. The fourth-order valence-corrected chi connectivity index (χ4v) is 2.75. The summed E-state index contributed by atoms with van der Waals surface area (Å²) in [5.41, 5.74) is 3.77. The Bertz CT molecular complexity index is 973. The monoisotopic (exact) mass is 396 g/mol.